The number of imidazole rings is 1. The second-order valence-electron chi connectivity index (χ2n) is 10.2. The number of halogens is 1. The van der Waals surface area contributed by atoms with E-state index in [-0.39, 0.29) is 11.6 Å². The summed E-state index contributed by atoms with van der Waals surface area (Å²) in [6.45, 7) is 5.75. The Bertz CT molecular complexity index is 1140. The first-order valence-corrected chi connectivity index (χ1v) is 12.7. The smallest absolute Gasteiger partial charge is 0.224 e. The molecule has 0 spiro atoms. The van der Waals surface area contributed by atoms with Crippen LogP contribution in [0, 0.1) is 5.92 Å². The van der Waals surface area contributed by atoms with Crippen LogP contribution in [0.5, 0.6) is 0 Å². The number of anilines is 3. The quantitative estimate of drug-likeness (QED) is 0.438. The predicted octanol–water partition coefficient (Wildman–Crippen LogP) is 5.28. The maximum Gasteiger partial charge on any atom is 0.224 e. The van der Waals surface area contributed by atoms with Gasteiger partial charge in [0.1, 0.15) is 5.52 Å². The second kappa shape index (κ2) is 9.68. The van der Waals surface area contributed by atoms with Gasteiger partial charge in [0.25, 0.3) is 0 Å². The predicted molar refractivity (Wildman–Crippen MR) is 137 cm³/mol. The number of rotatable bonds is 6. The van der Waals surface area contributed by atoms with Gasteiger partial charge in [-0.15, -0.1) is 0 Å². The first kappa shape index (κ1) is 23.3. The molecule has 1 unspecified atom stereocenters. The molecule has 0 bridgehead atoms. The summed E-state index contributed by atoms with van der Waals surface area (Å²) in [6, 6.07) is 8.28. The van der Waals surface area contributed by atoms with Crippen molar-refractivity contribution in [1.29, 1.82) is 0 Å². The highest BCUT2D eigenvalue weighted by Crippen LogP contribution is 2.37. The van der Waals surface area contributed by atoms with Crippen molar-refractivity contribution in [1.82, 2.24) is 19.5 Å². The van der Waals surface area contributed by atoms with E-state index >= 15 is 0 Å². The minimum Gasteiger partial charge on any atom is -0.375 e. The van der Waals surface area contributed by atoms with Crippen molar-refractivity contribution in [3.63, 3.8) is 0 Å². The molecule has 3 aromatic rings. The average Bonchev–Trinajstić information content (AvgIpc) is 3.15. The van der Waals surface area contributed by atoms with E-state index in [0.29, 0.717) is 22.9 Å². The molecule has 1 saturated carbocycles. The first-order valence-electron chi connectivity index (χ1n) is 12.3. The number of aromatic nitrogens is 4. The average molecular weight is 484 g/mol. The van der Waals surface area contributed by atoms with Crippen LogP contribution >= 0.6 is 11.6 Å². The maximum atomic E-state index is 6.23. The zero-order valence-corrected chi connectivity index (χ0v) is 20.7. The summed E-state index contributed by atoms with van der Waals surface area (Å²) in [4.78, 5) is 14.4. The Kier molecular flexibility index (Phi) is 6.64. The monoisotopic (exact) mass is 483 g/mol. The summed E-state index contributed by atoms with van der Waals surface area (Å²) >= 11 is 6.23. The lowest BCUT2D eigenvalue weighted by atomic mass is 9.86. The number of hydrogen-bond donors (Lipinski definition) is 3. The molecule has 2 aliphatic rings. The molecular formula is C25H34ClN7O. The fourth-order valence-corrected chi connectivity index (χ4v) is 5.46. The van der Waals surface area contributed by atoms with E-state index < -0.39 is 0 Å². The molecule has 2 fully saturated rings. The third-order valence-corrected chi connectivity index (χ3v) is 7.29. The minimum atomic E-state index is -0.141. The fourth-order valence-electron chi connectivity index (χ4n) is 5.27. The van der Waals surface area contributed by atoms with Gasteiger partial charge in [0, 0.05) is 29.4 Å². The van der Waals surface area contributed by atoms with E-state index in [0.717, 1.165) is 74.5 Å². The van der Waals surface area contributed by atoms with Gasteiger partial charge in [0.2, 0.25) is 11.9 Å². The molecule has 1 atom stereocenters. The van der Waals surface area contributed by atoms with E-state index in [4.69, 9.17) is 32.0 Å². The molecule has 2 aromatic heterocycles. The van der Waals surface area contributed by atoms with Gasteiger partial charge in [-0.2, -0.15) is 4.98 Å². The molecule has 1 aromatic carbocycles. The van der Waals surface area contributed by atoms with Gasteiger partial charge < -0.3 is 21.1 Å². The van der Waals surface area contributed by atoms with Crippen LogP contribution in [0.3, 0.4) is 0 Å². The highest BCUT2D eigenvalue weighted by molar-refractivity contribution is 6.30. The van der Waals surface area contributed by atoms with E-state index in [2.05, 4.69) is 34.0 Å². The molecule has 0 radical (unpaired) electrons. The SMILES string of the molecule is CC1(C)CC(Nc2ncc3nc(Nc4cccc(Cl)c4)n([C@H]4CC[C@@H](CN)CC4)c3n2)CCO1. The lowest BCUT2D eigenvalue weighted by Gasteiger charge is -2.35. The van der Waals surface area contributed by atoms with Crippen molar-refractivity contribution in [2.24, 2.45) is 11.7 Å². The number of benzene rings is 1. The van der Waals surface area contributed by atoms with Crippen molar-refractivity contribution < 1.29 is 4.74 Å². The number of ether oxygens (including phenoxy) is 1. The normalized spacial score (nSPS) is 24.8. The largest absolute Gasteiger partial charge is 0.375 e. The van der Waals surface area contributed by atoms with Crippen LogP contribution in [0.25, 0.3) is 11.2 Å². The van der Waals surface area contributed by atoms with Crippen LogP contribution in [0.2, 0.25) is 5.02 Å². The summed E-state index contributed by atoms with van der Waals surface area (Å²) in [5.41, 5.74) is 8.34. The van der Waals surface area contributed by atoms with Gasteiger partial charge in [-0.1, -0.05) is 17.7 Å². The molecule has 1 aliphatic heterocycles. The Morgan fingerprint density at radius 2 is 2.00 bits per heavy atom. The van der Waals surface area contributed by atoms with Crippen molar-refractivity contribution in [2.75, 3.05) is 23.8 Å². The summed E-state index contributed by atoms with van der Waals surface area (Å²) < 4.78 is 8.12. The van der Waals surface area contributed by atoms with Gasteiger partial charge in [-0.05, 0) is 83.0 Å². The molecule has 1 saturated heterocycles. The Balaban J connectivity index is 1.48. The molecule has 8 nitrogen and oxygen atoms in total. The Morgan fingerprint density at radius 3 is 2.74 bits per heavy atom. The number of nitrogens with one attached hydrogen (secondary N) is 2. The molecule has 4 N–H and O–H groups in total. The Morgan fingerprint density at radius 1 is 1.18 bits per heavy atom. The fraction of sp³-hybridized carbons (Fsp3) is 0.560. The molecule has 1 aliphatic carbocycles. The molecule has 182 valence electrons. The Hall–Kier alpha value is -2.42. The molecule has 5 rings (SSSR count). The second-order valence-corrected chi connectivity index (χ2v) is 10.6. The number of hydrogen-bond acceptors (Lipinski definition) is 7. The van der Waals surface area contributed by atoms with Crippen LogP contribution < -0.4 is 16.4 Å². The van der Waals surface area contributed by atoms with Crippen LogP contribution in [-0.2, 0) is 4.74 Å². The zero-order chi connectivity index (χ0) is 23.7. The van der Waals surface area contributed by atoms with Crippen LogP contribution in [0.4, 0.5) is 17.6 Å². The van der Waals surface area contributed by atoms with Crippen LogP contribution in [0.1, 0.15) is 58.4 Å². The van der Waals surface area contributed by atoms with Gasteiger partial charge >= 0.3 is 0 Å². The summed E-state index contributed by atoms with van der Waals surface area (Å²) in [7, 11) is 0. The van der Waals surface area contributed by atoms with Gasteiger partial charge in [0.05, 0.1) is 11.8 Å². The van der Waals surface area contributed by atoms with E-state index in [1.54, 1.807) is 0 Å². The van der Waals surface area contributed by atoms with E-state index in [1.165, 1.54) is 0 Å². The minimum absolute atomic E-state index is 0.141. The van der Waals surface area contributed by atoms with Gasteiger partial charge in [0.15, 0.2) is 5.65 Å². The van der Waals surface area contributed by atoms with Crippen molar-refractivity contribution in [3.05, 3.63) is 35.5 Å². The van der Waals surface area contributed by atoms with Gasteiger partial charge in [-0.3, -0.25) is 4.57 Å². The van der Waals surface area contributed by atoms with E-state index in [9.17, 15) is 0 Å². The highest BCUT2D eigenvalue weighted by Gasteiger charge is 2.30. The summed E-state index contributed by atoms with van der Waals surface area (Å²) in [6.07, 6.45) is 8.01. The highest BCUT2D eigenvalue weighted by atomic mass is 35.5. The van der Waals surface area contributed by atoms with Crippen LogP contribution in [0.15, 0.2) is 30.5 Å². The topological polar surface area (TPSA) is 103 Å². The molecule has 9 heteroatoms. The molecule has 34 heavy (non-hydrogen) atoms. The zero-order valence-electron chi connectivity index (χ0n) is 19.9. The van der Waals surface area contributed by atoms with Crippen molar-refractivity contribution >= 4 is 40.3 Å². The van der Waals surface area contributed by atoms with Crippen molar-refractivity contribution in [2.45, 2.75) is 70.1 Å². The molecule has 0 amide bonds. The number of nitrogens with zero attached hydrogens (tertiary/aromatic N) is 4. The maximum absolute atomic E-state index is 6.23. The Labute approximate surface area is 205 Å². The number of nitrogens with two attached hydrogens (primary N) is 1. The third-order valence-electron chi connectivity index (χ3n) is 7.06. The third kappa shape index (κ3) is 5.14. The molecular weight excluding hydrogens is 450 g/mol. The number of fused-ring (bicyclic) bond motifs is 1. The molecule has 3 heterocycles. The van der Waals surface area contributed by atoms with Crippen molar-refractivity contribution in [3.8, 4) is 0 Å². The van der Waals surface area contributed by atoms with Gasteiger partial charge in [-0.25, -0.2) is 9.97 Å². The van der Waals surface area contributed by atoms with E-state index in [1.807, 2.05) is 30.5 Å². The van der Waals surface area contributed by atoms with Crippen LogP contribution in [-0.4, -0.2) is 44.3 Å². The lowest BCUT2D eigenvalue weighted by molar-refractivity contribution is -0.0553. The standard InChI is InChI=1S/C25H34ClN7O/c1-25(2)13-19(10-11-34-25)29-23-28-15-21-22(32-23)33(20-8-6-16(14-27)7-9-20)24(31-21)30-18-5-3-4-17(26)12-18/h3-5,12,15-16,19-20H,6-11,13-14,27H2,1-2H3,(H,30,31)(H,28,29,32)/t16-,19?,20+. The summed E-state index contributed by atoms with van der Waals surface area (Å²) in [5, 5.41) is 7.70. The lowest BCUT2D eigenvalue weighted by Crippen LogP contribution is -2.40. The summed E-state index contributed by atoms with van der Waals surface area (Å²) in [5.74, 6) is 2.01. The first-order chi connectivity index (χ1) is 16.4.